The van der Waals surface area contributed by atoms with Crippen molar-refractivity contribution in [1.82, 2.24) is 0 Å². The number of halogens is 1. The Labute approximate surface area is 151 Å². The molecule has 0 aliphatic rings. The summed E-state index contributed by atoms with van der Waals surface area (Å²) in [6.45, 7) is 5.82. The van der Waals surface area contributed by atoms with E-state index in [4.69, 9.17) is 0 Å². The molecule has 2 rings (SSSR count). The van der Waals surface area contributed by atoms with Crippen LogP contribution in [0.1, 0.15) is 24.5 Å². The molecule has 2 aromatic rings. The molecule has 0 aliphatic heterocycles. The van der Waals surface area contributed by atoms with E-state index in [0.717, 1.165) is 27.0 Å². The lowest BCUT2D eigenvalue weighted by Crippen LogP contribution is -2.32. The van der Waals surface area contributed by atoms with Gasteiger partial charge in [0.15, 0.2) is 0 Å². The van der Waals surface area contributed by atoms with Gasteiger partial charge in [0.25, 0.3) is 0 Å². The smallest absolute Gasteiger partial charge is 0.226 e. The van der Waals surface area contributed by atoms with Crippen molar-refractivity contribution in [3.8, 4) is 0 Å². The van der Waals surface area contributed by atoms with Crippen LogP contribution in [-0.2, 0) is 9.59 Å². The fourth-order valence-electron chi connectivity index (χ4n) is 2.35. The van der Waals surface area contributed by atoms with Crippen molar-refractivity contribution in [3.63, 3.8) is 0 Å². The molecule has 0 radical (unpaired) electrons. The summed E-state index contributed by atoms with van der Waals surface area (Å²) in [5.41, 5.74) is 3.78. The number of benzene rings is 2. The fourth-order valence-corrected chi connectivity index (χ4v) is 3.06. The summed E-state index contributed by atoms with van der Waals surface area (Å²) >= 11 is 3.49. The Kier molecular flexibility index (Phi) is 6.15. The number of amides is 2. The van der Waals surface area contributed by atoms with Gasteiger partial charge in [0.1, 0.15) is 0 Å². The average Bonchev–Trinajstić information content (AvgIpc) is 2.51. The Bertz CT molecular complexity index is 742. The number of hydrogen-bond acceptors (Lipinski definition) is 2. The van der Waals surface area contributed by atoms with Gasteiger partial charge in [0, 0.05) is 30.0 Å². The minimum absolute atomic E-state index is 0.0947. The Morgan fingerprint density at radius 1 is 1.04 bits per heavy atom. The minimum atomic E-state index is -0.117. The van der Waals surface area contributed by atoms with Crippen molar-refractivity contribution in [1.29, 1.82) is 0 Å². The highest BCUT2D eigenvalue weighted by Gasteiger charge is 2.16. The van der Waals surface area contributed by atoms with Crippen LogP contribution in [0.25, 0.3) is 0 Å². The molecular weight excluding hydrogens is 368 g/mol. The van der Waals surface area contributed by atoms with E-state index < -0.39 is 0 Å². The molecule has 0 aliphatic carbocycles. The van der Waals surface area contributed by atoms with Crippen LogP contribution in [0.15, 0.2) is 46.9 Å². The van der Waals surface area contributed by atoms with Crippen molar-refractivity contribution in [2.24, 2.45) is 0 Å². The number of aryl methyl sites for hydroxylation is 2. The normalized spacial score (nSPS) is 10.3. The highest BCUT2D eigenvalue weighted by Crippen LogP contribution is 2.27. The van der Waals surface area contributed by atoms with Gasteiger partial charge in [0.05, 0.1) is 5.69 Å². The number of carbonyl (C=O) groups excluding carboxylic acids is 2. The van der Waals surface area contributed by atoms with Gasteiger partial charge in [0.2, 0.25) is 11.8 Å². The second kappa shape index (κ2) is 8.11. The first kappa shape index (κ1) is 18.2. The molecule has 0 atom stereocenters. The Balaban J connectivity index is 2.02. The number of hydrogen-bond donors (Lipinski definition) is 1. The van der Waals surface area contributed by atoms with Crippen LogP contribution in [0, 0.1) is 13.8 Å². The average molecular weight is 389 g/mol. The van der Waals surface area contributed by atoms with E-state index in [1.165, 1.54) is 6.92 Å². The molecule has 5 heteroatoms. The van der Waals surface area contributed by atoms with Gasteiger partial charge in [-0.05, 0) is 59.6 Å². The van der Waals surface area contributed by atoms with Crippen LogP contribution in [0.4, 0.5) is 11.4 Å². The molecule has 0 spiro atoms. The number of anilines is 2. The predicted octanol–water partition coefficient (Wildman–Crippen LogP) is 4.45. The zero-order chi connectivity index (χ0) is 17.7. The number of rotatable bonds is 5. The lowest BCUT2D eigenvalue weighted by Gasteiger charge is -2.22. The molecule has 1 N–H and O–H groups in total. The van der Waals surface area contributed by atoms with E-state index in [1.807, 2.05) is 56.3 Å². The van der Waals surface area contributed by atoms with Gasteiger partial charge in [-0.15, -0.1) is 0 Å². The largest absolute Gasteiger partial charge is 0.326 e. The summed E-state index contributed by atoms with van der Waals surface area (Å²) in [5.74, 6) is -0.212. The van der Waals surface area contributed by atoms with Crippen molar-refractivity contribution >= 4 is 39.1 Å². The Morgan fingerprint density at radius 3 is 2.25 bits per heavy atom. The van der Waals surface area contributed by atoms with Crippen LogP contribution < -0.4 is 10.2 Å². The topological polar surface area (TPSA) is 49.4 Å². The molecule has 0 bridgehead atoms. The molecule has 24 heavy (non-hydrogen) atoms. The number of carbonyl (C=O) groups is 2. The summed E-state index contributed by atoms with van der Waals surface area (Å²) in [4.78, 5) is 25.7. The maximum absolute atomic E-state index is 12.1. The Morgan fingerprint density at radius 2 is 1.67 bits per heavy atom. The third-order valence-electron chi connectivity index (χ3n) is 3.67. The summed E-state index contributed by atoms with van der Waals surface area (Å²) in [5, 5.41) is 2.85. The Hall–Kier alpha value is -2.14. The van der Waals surface area contributed by atoms with Gasteiger partial charge in [-0.3, -0.25) is 9.59 Å². The van der Waals surface area contributed by atoms with Crippen molar-refractivity contribution in [2.45, 2.75) is 27.2 Å². The van der Waals surface area contributed by atoms with Gasteiger partial charge in [-0.25, -0.2) is 0 Å². The lowest BCUT2D eigenvalue weighted by atomic mass is 10.2. The van der Waals surface area contributed by atoms with Crippen LogP contribution in [0.3, 0.4) is 0 Å². The molecule has 126 valence electrons. The zero-order valence-corrected chi connectivity index (χ0v) is 15.7. The molecular formula is C19H21BrN2O2. The van der Waals surface area contributed by atoms with Crippen LogP contribution in [0.5, 0.6) is 0 Å². The summed E-state index contributed by atoms with van der Waals surface area (Å²) < 4.78 is 0.844. The first-order chi connectivity index (χ1) is 11.4. The summed E-state index contributed by atoms with van der Waals surface area (Å²) in [7, 11) is 0. The first-order valence-corrected chi connectivity index (χ1v) is 8.57. The molecule has 4 nitrogen and oxygen atoms in total. The van der Waals surface area contributed by atoms with E-state index in [2.05, 4.69) is 21.2 Å². The van der Waals surface area contributed by atoms with E-state index in [-0.39, 0.29) is 18.2 Å². The van der Waals surface area contributed by atoms with Gasteiger partial charge in [-0.2, -0.15) is 0 Å². The summed E-state index contributed by atoms with van der Waals surface area (Å²) in [6, 6.07) is 13.4. The molecule has 0 aromatic heterocycles. The summed E-state index contributed by atoms with van der Waals surface area (Å²) in [6.07, 6.45) is 0.230. The highest BCUT2D eigenvalue weighted by atomic mass is 79.9. The zero-order valence-electron chi connectivity index (χ0n) is 14.1. The molecule has 0 fully saturated rings. The van der Waals surface area contributed by atoms with Crippen molar-refractivity contribution < 1.29 is 9.59 Å². The van der Waals surface area contributed by atoms with E-state index in [9.17, 15) is 9.59 Å². The van der Waals surface area contributed by atoms with Crippen molar-refractivity contribution in [3.05, 3.63) is 58.1 Å². The molecule has 0 saturated heterocycles. The van der Waals surface area contributed by atoms with Gasteiger partial charge >= 0.3 is 0 Å². The molecule has 2 amide bonds. The third-order valence-corrected chi connectivity index (χ3v) is 4.31. The molecule has 0 unspecified atom stereocenters. The number of nitrogens with one attached hydrogen (secondary N) is 1. The predicted molar refractivity (Wildman–Crippen MR) is 101 cm³/mol. The van der Waals surface area contributed by atoms with E-state index >= 15 is 0 Å². The van der Waals surface area contributed by atoms with Crippen LogP contribution in [-0.4, -0.2) is 18.4 Å². The van der Waals surface area contributed by atoms with Gasteiger partial charge < -0.3 is 10.2 Å². The monoisotopic (exact) mass is 388 g/mol. The molecule has 2 aromatic carbocycles. The number of nitrogens with zero attached hydrogens (tertiary/aromatic N) is 1. The second-order valence-electron chi connectivity index (χ2n) is 5.79. The van der Waals surface area contributed by atoms with Crippen LogP contribution >= 0.6 is 15.9 Å². The quantitative estimate of drug-likeness (QED) is 0.822. The lowest BCUT2D eigenvalue weighted by molar-refractivity contribution is -0.117. The highest BCUT2D eigenvalue weighted by molar-refractivity contribution is 9.10. The second-order valence-corrected chi connectivity index (χ2v) is 6.64. The maximum Gasteiger partial charge on any atom is 0.226 e. The fraction of sp³-hybridized carbons (Fsp3) is 0.263. The van der Waals surface area contributed by atoms with E-state index in [0.29, 0.717) is 6.54 Å². The van der Waals surface area contributed by atoms with Crippen molar-refractivity contribution in [2.75, 3.05) is 16.8 Å². The molecule has 0 saturated carbocycles. The SMILES string of the molecule is CC(=O)N(CCC(=O)Nc1ccc(C)cc1)c1ccc(C)cc1Br. The minimum Gasteiger partial charge on any atom is -0.326 e. The first-order valence-electron chi connectivity index (χ1n) is 7.77. The molecule has 0 heterocycles. The standard InChI is InChI=1S/C19H21BrN2O2/c1-13-4-7-16(8-5-13)21-19(24)10-11-22(15(3)23)18-9-6-14(2)12-17(18)20/h4-9,12H,10-11H2,1-3H3,(H,21,24). The third kappa shape index (κ3) is 4.93. The van der Waals surface area contributed by atoms with Gasteiger partial charge in [-0.1, -0.05) is 23.8 Å². The van der Waals surface area contributed by atoms with Crippen LogP contribution in [0.2, 0.25) is 0 Å². The maximum atomic E-state index is 12.1. The van der Waals surface area contributed by atoms with E-state index in [1.54, 1.807) is 4.90 Å².